The summed E-state index contributed by atoms with van der Waals surface area (Å²) < 4.78 is 1.83. The number of anilines is 3. The average molecular weight is 279 g/mol. The van der Waals surface area contributed by atoms with Crippen LogP contribution in [0.2, 0.25) is 0 Å². The fourth-order valence-corrected chi connectivity index (χ4v) is 2.02. The monoisotopic (exact) mass is 279 g/mol. The van der Waals surface area contributed by atoms with Gasteiger partial charge in [0.2, 0.25) is 0 Å². The van der Waals surface area contributed by atoms with E-state index in [1.807, 2.05) is 34.9 Å². The normalized spacial score (nSPS) is 10.3. The van der Waals surface area contributed by atoms with E-state index in [1.54, 1.807) is 12.4 Å². The Kier molecular flexibility index (Phi) is 3.37. The van der Waals surface area contributed by atoms with Gasteiger partial charge in [-0.05, 0) is 17.7 Å². The zero-order valence-electron chi connectivity index (χ0n) is 11.1. The third-order valence-electron chi connectivity index (χ3n) is 3.02. The molecule has 2 heterocycles. The summed E-state index contributed by atoms with van der Waals surface area (Å²) in [5, 5.41) is 11.9. The van der Waals surface area contributed by atoms with Gasteiger partial charge < -0.3 is 15.1 Å². The van der Waals surface area contributed by atoms with Gasteiger partial charge in [0, 0.05) is 18.1 Å². The van der Waals surface area contributed by atoms with Crippen molar-refractivity contribution in [2.45, 2.75) is 6.42 Å². The molecule has 1 aromatic carbocycles. The van der Waals surface area contributed by atoms with E-state index >= 15 is 0 Å². The standard InChI is InChI=1S/C14H13N7/c15-6-5-10-1-3-11(4-2-10)18-13-14-17-7-8-21(14)9-12(19-13)20-16/h1-4,7-9,20H,5,16H2,(H,18,19). The number of nitrogen functional groups attached to an aromatic ring is 1. The Hall–Kier alpha value is -3.11. The molecule has 0 saturated carbocycles. The number of fused-ring (bicyclic) bond motifs is 1. The molecular formula is C14H13N7. The van der Waals surface area contributed by atoms with Crippen LogP contribution in [0.5, 0.6) is 0 Å². The van der Waals surface area contributed by atoms with Crippen LogP contribution in [-0.4, -0.2) is 14.4 Å². The minimum absolute atomic E-state index is 0.398. The van der Waals surface area contributed by atoms with E-state index in [0.717, 1.165) is 11.3 Å². The van der Waals surface area contributed by atoms with Gasteiger partial charge in [0.15, 0.2) is 17.3 Å². The molecule has 7 nitrogen and oxygen atoms in total. The van der Waals surface area contributed by atoms with Crippen LogP contribution in [0, 0.1) is 11.3 Å². The number of nitrogens with two attached hydrogens (primary N) is 1. The fraction of sp³-hybridized carbons (Fsp3) is 0.0714. The first-order chi connectivity index (χ1) is 10.3. The van der Waals surface area contributed by atoms with E-state index in [-0.39, 0.29) is 0 Å². The summed E-state index contributed by atoms with van der Waals surface area (Å²) in [6.07, 6.45) is 5.66. The topological polar surface area (TPSA) is 104 Å². The first kappa shape index (κ1) is 12.9. The number of benzene rings is 1. The van der Waals surface area contributed by atoms with Gasteiger partial charge >= 0.3 is 0 Å². The number of nitriles is 1. The summed E-state index contributed by atoms with van der Waals surface area (Å²) in [5.74, 6) is 6.55. The van der Waals surface area contributed by atoms with Gasteiger partial charge in [0.25, 0.3) is 0 Å². The predicted molar refractivity (Wildman–Crippen MR) is 79.8 cm³/mol. The molecule has 0 amide bonds. The zero-order valence-corrected chi connectivity index (χ0v) is 11.1. The van der Waals surface area contributed by atoms with Gasteiger partial charge in [0.1, 0.15) is 0 Å². The molecule has 0 bridgehead atoms. The molecule has 0 saturated heterocycles. The Morgan fingerprint density at radius 1 is 1.29 bits per heavy atom. The zero-order chi connectivity index (χ0) is 14.7. The second kappa shape index (κ2) is 5.48. The van der Waals surface area contributed by atoms with Crippen molar-refractivity contribution < 1.29 is 0 Å². The van der Waals surface area contributed by atoms with Crippen molar-refractivity contribution in [2.24, 2.45) is 5.84 Å². The largest absolute Gasteiger partial charge is 0.337 e. The first-order valence-electron chi connectivity index (χ1n) is 6.33. The minimum Gasteiger partial charge on any atom is -0.337 e. The second-order valence-electron chi connectivity index (χ2n) is 4.43. The number of hydrazine groups is 1. The Labute approximate surface area is 121 Å². The molecule has 3 aromatic rings. The van der Waals surface area contributed by atoms with Gasteiger partial charge in [-0.1, -0.05) is 12.1 Å². The SMILES string of the molecule is N#CCc1ccc(Nc2nc(NN)cn3ccnc23)cc1. The summed E-state index contributed by atoms with van der Waals surface area (Å²) in [6, 6.07) is 9.72. The maximum Gasteiger partial charge on any atom is 0.180 e. The van der Waals surface area contributed by atoms with E-state index in [1.165, 1.54) is 0 Å². The van der Waals surface area contributed by atoms with E-state index in [2.05, 4.69) is 26.8 Å². The molecule has 2 aromatic heterocycles. The molecule has 0 unspecified atom stereocenters. The number of rotatable bonds is 4. The van der Waals surface area contributed by atoms with Crippen molar-refractivity contribution in [1.82, 2.24) is 14.4 Å². The summed E-state index contributed by atoms with van der Waals surface area (Å²) in [5.41, 5.74) is 5.06. The number of nitrogens with zero attached hydrogens (tertiary/aromatic N) is 4. The smallest absolute Gasteiger partial charge is 0.180 e. The molecule has 3 rings (SSSR count). The van der Waals surface area contributed by atoms with Crippen molar-refractivity contribution in [3.8, 4) is 6.07 Å². The lowest BCUT2D eigenvalue weighted by atomic mass is 10.1. The lowest BCUT2D eigenvalue weighted by Crippen LogP contribution is -2.11. The molecular weight excluding hydrogens is 266 g/mol. The first-order valence-corrected chi connectivity index (χ1v) is 6.33. The molecule has 7 heteroatoms. The molecule has 21 heavy (non-hydrogen) atoms. The van der Waals surface area contributed by atoms with E-state index in [0.29, 0.717) is 23.7 Å². The number of imidazole rings is 1. The highest BCUT2D eigenvalue weighted by Crippen LogP contribution is 2.21. The Bertz CT molecular complexity index is 798. The van der Waals surface area contributed by atoms with Crippen LogP contribution in [-0.2, 0) is 6.42 Å². The van der Waals surface area contributed by atoms with Crippen LogP contribution >= 0.6 is 0 Å². The van der Waals surface area contributed by atoms with Crippen LogP contribution in [0.3, 0.4) is 0 Å². The molecule has 0 aliphatic carbocycles. The lowest BCUT2D eigenvalue weighted by Gasteiger charge is -2.09. The highest BCUT2D eigenvalue weighted by molar-refractivity contribution is 5.71. The van der Waals surface area contributed by atoms with Crippen LogP contribution < -0.4 is 16.6 Å². The summed E-state index contributed by atoms with van der Waals surface area (Å²) in [6.45, 7) is 0. The maximum absolute atomic E-state index is 8.67. The summed E-state index contributed by atoms with van der Waals surface area (Å²) in [7, 11) is 0. The lowest BCUT2D eigenvalue weighted by molar-refractivity contribution is 1.11. The van der Waals surface area contributed by atoms with E-state index in [4.69, 9.17) is 11.1 Å². The van der Waals surface area contributed by atoms with Gasteiger partial charge in [-0.3, -0.25) is 0 Å². The third-order valence-corrected chi connectivity index (χ3v) is 3.02. The summed E-state index contributed by atoms with van der Waals surface area (Å²) >= 11 is 0. The number of hydrogen-bond donors (Lipinski definition) is 3. The van der Waals surface area contributed by atoms with Crippen molar-refractivity contribution in [3.63, 3.8) is 0 Å². The molecule has 104 valence electrons. The third kappa shape index (κ3) is 2.61. The van der Waals surface area contributed by atoms with Crippen LogP contribution in [0.25, 0.3) is 5.65 Å². The Balaban J connectivity index is 1.93. The fourth-order valence-electron chi connectivity index (χ4n) is 2.02. The quantitative estimate of drug-likeness (QED) is 0.497. The highest BCUT2D eigenvalue weighted by Gasteiger charge is 2.07. The van der Waals surface area contributed by atoms with Crippen molar-refractivity contribution in [2.75, 3.05) is 10.7 Å². The average Bonchev–Trinajstić information content (AvgIpc) is 2.98. The minimum atomic E-state index is 0.398. The predicted octanol–water partition coefficient (Wildman–Crippen LogP) is 1.82. The molecule has 0 atom stereocenters. The number of hydrogen-bond acceptors (Lipinski definition) is 6. The Morgan fingerprint density at radius 3 is 2.81 bits per heavy atom. The van der Waals surface area contributed by atoms with E-state index < -0.39 is 0 Å². The summed E-state index contributed by atoms with van der Waals surface area (Å²) in [4.78, 5) is 8.63. The van der Waals surface area contributed by atoms with Gasteiger partial charge in [-0.2, -0.15) is 5.26 Å². The molecule has 0 aliphatic rings. The molecule has 0 spiro atoms. The molecule has 0 fully saturated rings. The van der Waals surface area contributed by atoms with Crippen LogP contribution in [0.4, 0.5) is 17.3 Å². The van der Waals surface area contributed by atoms with Crippen LogP contribution in [0.15, 0.2) is 42.9 Å². The van der Waals surface area contributed by atoms with Crippen molar-refractivity contribution >= 4 is 23.0 Å². The Morgan fingerprint density at radius 2 is 2.10 bits per heavy atom. The van der Waals surface area contributed by atoms with Crippen LogP contribution in [0.1, 0.15) is 5.56 Å². The second-order valence-corrected chi connectivity index (χ2v) is 4.43. The van der Waals surface area contributed by atoms with Crippen molar-refractivity contribution in [1.29, 1.82) is 5.26 Å². The van der Waals surface area contributed by atoms with E-state index in [9.17, 15) is 0 Å². The maximum atomic E-state index is 8.67. The molecule has 0 aliphatic heterocycles. The molecule has 4 N–H and O–H groups in total. The highest BCUT2D eigenvalue weighted by atomic mass is 15.3. The van der Waals surface area contributed by atoms with Gasteiger partial charge in [0.05, 0.1) is 18.7 Å². The number of nitrogens with one attached hydrogen (secondary N) is 2. The van der Waals surface area contributed by atoms with Gasteiger partial charge in [-0.25, -0.2) is 15.8 Å². The van der Waals surface area contributed by atoms with Gasteiger partial charge in [-0.15, -0.1) is 0 Å². The molecule has 0 radical (unpaired) electrons. The number of aromatic nitrogens is 3. The van der Waals surface area contributed by atoms with Crippen molar-refractivity contribution in [3.05, 3.63) is 48.4 Å².